The maximum Gasteiger partial charge on any atom is 0.240 e. The molecule has 0 atom stereocenters. The number of allylic oxidation sites excluding steroid dienone is 1. The molecule has 3 aliphatic rings. The third-order valence-corrected chi connectivity index (χ3v) is 8.71. The molecule has 0 bridgehead atoms. The van der Waals surface area contributed by atoms with E-state index in [1.165, 1.54) is 0 Å². The Kier molecular flexibility index (Phi) is 10.3. The number of rotatable bonds is 13. The molecule has 2 amide bonds. The van der Waals surface area contributed by atoms with Gasteiger partial charge in [-0.2, -0.15) is 0 Å². The summed E-state index contributed by atoms with van der Waals surface area (Å²) in [6, 6.07) is 16.5. The molecule has 0 radical (unpaired) electrons. The van der Waals surface area contributed by atoms with Gasteiger partial charge in [0.2, 0.25) is 11.8 Å². The Bertz CT molecular complexity index is 1620. The third kappa shape index (κ3) is 8.26. The first-order chi connectivity index (χ1) is 22.9. The highest BCUT2D eigenvalue weighted by atomic mass is 16.5. The topological polar surface area (TPSA) is 111 Å². The second kappa shape index (κ2) is 14.9. The zero-order chi connectivity index (χ0) is 32.6. The van der Waals surface area contributed by atoms with Crippen LogP contribution in [0.5, 0.6) is 11.5 Å². The van der Waals surface area contributed by atoms with Gasteiger partial charge >= 0.3 is 0 Å². The summed E-state index contributed by atoms with van der Waals surface area (Å²) in [5, 5.41) is 5.80. The van der Waals surface area contributed by atoms with Crippen molar-refractivity contribution >= 4 is 35.3 Å². The predicted octanol–water partition coefficient (Wildman–Crippen LogP) is 6.05. The van der Waals surface area contributed by atoms with E-state index in [2.05, 4.69) is 20.5 Å². The number of amides is 2. The van der Waals surface area contributed by atoms with E-state index in [4.69, 9.17) is 18.9 Å². The monoisotopic (exact) mass is 638 g/mol. The first-order valence-electron chi connectivity index (χ1n) is 16.2. The van der Waals surface area contributed by atoms with Gasteiger partial charge in [0.15, 0.2) is 0 Å². The Morgan fingerprint density at radius 2 is 1.62 bits per heavy atom. The van der Waals surface area contributed by atoms with Crippen LogP contribution in [0.25, 0.3) is 12.2 Å². The number of benzene rings is 2. The molecule has 47 heavy (non-hydrogen) atoms. The zero-order valence-electron chi connectivity index (χ0n) is 27.1. The number of anilines is 2. The molecule has 6 rings (SSSR count). The van der Waals surface area contributed by atoms with E-state index < -0.39 is 5.41 Å². The fourth-order valence-electron chi connectivity index (χ4n) is 5.70. The maximum atomic E-state index is 13.2. The fraction of sp³-hybridized carbons (Fsp3) is 0.378. The van der Waals surface area contributed by atoms with Crippen molar-refractivity contribution in [2.75, 3.05) is 63.8 Å². The van der Waals surface area contributed by atoms with Gasteiger partial charge in [-0.05, 0) is 86.4 Å². The molecule has 10 nitrogen and oxygen atoms in total. The quantitative estimate of drug-likeness (QED) is 0.172. The second-order valence-electron chi connectivity index (χ2n) is 12.2. The lowest BCUT2D eigenvalue weighted by Gasteiger charge is -2.26. The number of morpholine rings is 1. The summed E-state index contributed by atoms with van der Waals surface area (Å²) >= 11 is 0. The molecule has 2 fully saturated rings. The van der Waals surface area contributed by atoms with Crippen LogP contribution in [0, 0.1) is 12.3 Å². The summed E-state index contributed by atoms with van der Waals surface area (Å²) in [6.45, 7) is 7.75. The molecule has 1 saturated carbocycles. The van der Waals surface area contributed by atoms with Crippen LogP contribution in [0.4, 0.5) is 11.4 Å². The summed E-state index contributed by atoms with van der Waals surface area (Å²) in [7, 11) is 1.67. The van der Waals surface area contributed by atoms with Gasteiger partial charge in [0, 0.05) is 55.8 Å². The molecular formula is C37H42N4O6. The van der Waals surface area contributed by atoms with Crippen LogP contribution in [0.1, 0.15) is 42.5 Å². The summed E-state index contributed by atoms with van der Waals surface area (Å²) in [5.41, 5.74) is 3.99. The predicted molar refractivity (Wildman–Crippen MR) is 181 cm³/mol. The first-order valence-corrected chi connectivity index (χ1v) is 16.2. The summed E-state index contributed by atoms with van der Waals surface area (Å²) in [4.78, 5) is 33.2. The maximum absolute atomic E-state index is 13.2. The van der Waals surface area contributed by atoms with Crippen LogP contribution in [-0.4, -0.2) is 74.9 Å². The molecule has 10 heteroatoms. The number of hydrogen-bond acceptors (Lipinski definition) is 8. The van der Waals surface area contributed by atoms with Gasteiger partial charge in [-0.25, -0.2) is 0 Å². The number of aryl methyl sites for hydroxylation is 1. The number of carbonyl (C=O) groups is 2. The molecule has 3 aromatic rings. The van der Waals surface area contributed by atoms with Crippen molar-refractivity contribution in [3.05, 3.63) is 88.9 Å². The second-order valence-corrected chi connectivity index (χ2v) is 12.2. The van der Waals surface area contributed by atoms with Gasteiger partial charge in [-0.3, -0.25) is 19.5 Å². The molecule has 0 unspecified atom stereocenters. The number of aromatic nitrogens is 1. The molecule has 2 aromatic carbocycles. The lowest BCUT2D eigenvalue weighted by Crippen LogP contribution is -2.37. The normalized spacial score (nSPS) is 17.0. The van der Waals surface area contributed by atoms with E-state index in [0.29, 0.717) is 55.4 Å². The first kappa shape index (κ1) is 32.4. The van der Waals surface area contributed by atoms with Crippen molar-refractivity contribution in [3.8, 4) is 11.5 Å². The Labute approximate surface area is 275 Å². The summed E-state index contributed by atoms with van der Waals surface area (Å²) in [6.07, 6.45) is 8.36. The fourth-order valence-corrected chi connectivity index (χ4v) is 5.70. The SMILES string of the molecule is COC1=Cc2c(Oc3ccc(NC(=O)C4(C(=O)Nc5ccc(C)cc5)CC4)cc3)ccnc2C=C(COCCCN2CCOCC2)C1. The smallest absolute Gasteiger partial charge is 0.240 e. The highest BCUT2D eigenvalue weighted by molar-refractivity contribution is 6.16. The van der Waals surface area contributed by atoms with Gasteiger partial charge in [-0.1, -0.05) is 17.7 Å². The molecule has 1 aromatic heterocycles. The van der Waals surface area contributed by atoms with E-state index in [1.807, 2.05) is 49.4 Å². The van der Waals surface area contributed by atoms with E-state index >= 15 is 0 Å². The van der Waals surface area contributed by atoms with Crippen LogP contribution in [0.15, 0.2) is 72.1 Å². The number of nitrogens with zero attached hydrogens (tertiary/aromatic N) is 2. The van der Waals surface area contributed by atoms with E-state index in [9.17, 15) is 9.59 Å². The van der Waals surface area contributed by atoms with Crippen molar-refractivity contribution in [1.29, 1.82) is 0 Å². The van der Waals surface area contributed by atoms with Crippen molar-refractivity contribution < 1.29 is 28.5 Å². The van der Waals surface area contributed by atoms with Crippen molar-refractivity contribution in [2.24, 2.45) is 5.41 Å². The minimum Gasteiger partial charge on any atom is -0.501 e. The number of carbonyl (C=O) groups excluding carboxylic acids is 2. The van der Waals surface area contributed by atoms with Gasteiger partial charge in [0.05, 0.1) is 32.6 Å². The van der Waals surface area contributed by atoms with Gasteiger partial charge in [-0.15, -0.1) is 0 Å². The molecule has 2 N–H and O–H groups in total. The molecule has 1 saturated heterocycles. The Morgan fingerprint density at radius 1 is 0.936 bits per heavy atom. The average Bonchev–Trinajstić information content (AvgIpc) is 3.92. The molecule has 2 aliphatic carbocycles. The highest BCUT2D eigenvalue weighted by Gasteiger charge is 2.56. The largest absolute Gasteiger partial charge is 0.501 e. The minimum absolute atomic E-state index is 0.284. The number of hydrogen-bond donors (Lipinski definition) is 2. The van der Waals surface area contributed by atoms with E-state index in [1.54, 1.807) is 37.6 Å². The van der Waals surface area contributed by atoms with Gasteiger partial charge in [0.1, 0.15) is 22.7 Å². The van der Waals surface area contributed by atoms with Crippen molar-refractivity contribution in [3.63, 3.8) is 0 Å². The number of nitrogens with one attached hydrogen (secondary N) is 2. The van der Waals surface area contributed by atoms with Crippen LogP contribution in [-0.2, 0) is 23.8 Å². The van der Waals surface area contributed by atoms with E-state index in [-0.39, 0.29) is 11.8 Å². The molecular weight excluding hydrogens is 596 g/mol. The Morgan fingerprint density at radius 3 is 2.28 bits per heavy atom. The third-order valence-electron chi connectivity index (χ3n) is 8.71. The number of ether oxygens (including phenoxy) is 4. The summed E-state index contributed by atoms with van der Waals surface area (Å²) in [5.74, 6) is 1.43. The molecule has 246 valence electrons. The number of pyridine rings is 1. The summed E-state index contributed by atoms with van der Waals surface area (Å²) < 4.78 is 23.5. The Balaban J connectivity index is 1.06. The number of methoxy groups -OCH3 is 1. The van der Waals surface area contributed by atoms with Crippen LogP contribution in [0.3, 0.4) is 0 Å². The molecule has 0 spiro atoms. The lowest BCUT2D eigenvalue weighted by atomic mass is 10.0. The molecule has 2 heterocycles. The number of fused-ring (bicyclic) bond motifs is 1. The highest BCUT2D eigenvalue weighted by Crippen LogP contribution is 2.47. The van der Waals surface area contributed by atoms with Crippen molar-refractivity contribution in [1.82, 2.24) is 9.88 Å². The van der Waals surface area contributed by atoms with E-state index in [0.717, 1.165) is 67.4 Å². The van der Waals surface area contributed by atoms with Crippen LogP contribution in [0.2, 0.25) is 0 Å². The average molecular weight is 639 g/mol. The Hall–Kier alpha value is -4.51. The van der Waals surface area contributed by atoms with Crippen LogP contribution < -0.4 is 15.4 Å². The van der Waals surface area contributed by atoms with Gasteiger partial charge < -0.3 is 29.6 Å². The lowest BCUT2D eigenvalue weighted by molar-refractivity contribution is -0.131. The van der Waals surface area contributed by atoms with Crippen molar-refractivity contribution in [2.45, 2.75) is 32.6 Å². The van der Waals surface area contributed by atoms with Crippen LogP contribution >= 0.6 is 0 Å². The van der Waals surface area contributed by atoms with Gasteiger partial charge in [0.25, 0.3) is 0 Å². The standard InChI is InChI=1S/C37H42N4O6/c1-26-4-6-28(7-5-26)39-35(42)37(13-14-37)36(43)40-29-8-10-30(11-9-29)47-34-12-15-38-33-23-27(22-31(44-2)24-32(33)34)25-46-19-3-16-41-17-20-45-21-18-41/h4-12,15,23-24H,3,13-14,16-22,25H2,1-2H3,(H,39,42)(H,40,43). The minimum atomic E-state index is -1.06. The molecule has 1 aliphatic heterocycles. The zero-order valence-corrected chi connectivity index (χ0v) is 27.1.